The number of thiophene rings is 1. The minimum Gasteiger partial charge on any atom is -0.351 e. The number of aromatic nitrogens is 1. The first kappa shape index (κ1) is 22.2. The monoisotopic (exact) mass is 463 g/mol. The number of nitrogens with zero attached hydrogens (tertiary/aromatic N) is 2. The summed E-state index contributed by atoms with van der Waals surface area (Å²) in [6.07, 6.45) is 7.82. The number of aryl methyl sites for hydroxylation is 1. The van der Waals surface area contributed by atoms with E-state index < -0.39 is 5.54 Å². The molecule has 1 N–H and O–H groups in total. The Balaban J connectivity index is 1.53. The van der Waals surface area contributed by atoms with Gasteiger partial charge in [-0.15, -0.1) is 11.3 Å². The van der Waals surface area contributed by atoms with Gasteiger partial charge in [0.1, 0.15) is 11.2 Å². The average molecular weight is 464 g/mol. The SMILES string of the molecule is CCc1cc2c(cc3n2C[C@](C)(C(=O)NC2CCCCCC2)N(Cc2ccccc2)C3=O)s1. The fourth-order valence-corrected chi connectivity index (χ4v) is 6.38. The molecule has 1 aliphatic heterocycles. The van der Waals surface area contributed by atoms with Crippen LogP contribution < -0.4 is 5.32 Å². The van der Waals surface area contributed by atoms with Gasteiger partial charge in [0.25, 0.3) is 5.91 Å². The molecule has 5 rings (SSSR count). The molecule has 3 aromatic rings. The van der Waals surface area contributed by atoms with Crippen LogP contribution in [0.1, 0.15) is 73.3 Å². The normalized spacial score (nSPS) is 21.8. The van der Waals surface area contributed by atoms with E-state index in [9.17, 15) is 9.59 Å². The van der Waals surface area contributed by atoms with Crippen LogP contribution in [-0.2, 0) is 24.3 Å². The van der Waals surface area contributed by atoms with Crippen molar-refractivity contribution in [2.45, 2.75) is 83.5 Å². The zero-order valence-corrected chi connectivity index (χ0v) is 20.4. The second kappa shape index (κ2) is 8.98. The van der Waals surface area contributed by atoms with Crippen molar-refractivity contribution in [3.05, 3.63) is 58.6 Å². The topological polar surface area (TPSA) is 54.3 Å². The Labute approximate surface area is 199 Å². The Morgan fingerprint density at radius 2 is 1.85 bits per heavy atom. The summed E-state index contributed by atoms with van der Waals surface area (Å²) in [6, 6.07) is 14.4. The van der Waals surface area contributed by atoms with Gasteiger partial charge < -0.3 is 14.8 Å². The molecule has 3 heterocycles. The first-order chi connectivity index (χ1) is 16.0. The van der Waals surface area contributed by atoms with Crippen LogP contribution in [0.3, 0.4) is 0 Å². The molecule has 6 heteroatoms. The van der Waals surface area contributed by atoms with Crippen molar-refractivity contribution < 1.29 is 9.59 Å². The van der Waals surface area contributed by atoms with Crippen LogP contribution in [0, 0.1) is 0 Å². The lowest BCUT2D eigenvalue weighted by Crippen LogP contribution is -2.64. The van der Waals surface area contributed by atoms with E-state index in [0.717, 1.165) is 47.9 Å². The Hall–Kier alpha value is -2.60. The number of nitrogens with one attached hydrogen (secondary N) is 1. The fourth-order valence-electron chi connectivity index (χ4n) is 5.34. The van der Waals surface area contributed by atoms with E-state index in [1.54, 1.807) is 16.2 Å². The smallest absolute Gasteiger partial charge is 0.271 e. The Bertz CT molecular complexity index is 1160. The molecule has 2 aliphatic rings. The van der Waals surface area contributed by atoms with Crippen molar-refractivity contribution in [1.29, 1.82) is 0 Å². The molecule has 1 atom stereocenters. The van der Waals surface area contributed by atoms with Crippen LogP contribution in [0.15, 0.2) is 42.5 Å². The molecule has 2 amide bonds. The molecule has 0 bridgehead atoms. The van der Waals surface area contributed by atoms with Gasteiger partial charge >= 0.3 is 0 Å². The summed E-state index contributed by atoms with van der Waals surface area (Å²) in [5.41, 5.74) is 1.85. The largest absolute Gasteiger partial charge is 0.351 e. The Kier molecular flexibility index (Phi) is 6.04. The molecular formula is C27H33N3O2S. The van der Waals surface area contributed by atoms with Gasteiger partial charge in [0.15, 0.2) is 0 Å². The average Bonchev–Trinajstić information content (AvgIpc) is 3.26. The van der Waals surface area contributed by atoms with Crippen LogP contribution in [0.5, 0.6) is 0 Å². The number of hydrogen-bond donors (Lipinski definition) is 1. The number of fused-ring (bicyclic) bond motifs is 3. The van der Waals surface area contributed by atoms with Crippen molar-refractivity contribution >= 4 is 33.4 Å². The molecule has 1 aliphatic carbocycles. The van der Waals surface area contributed by atoms with Crippen LogP contribution in [0.2, 0.25) is 0 Å². The number of benzene rings is 1. The molecule has 0 saturated heterocycles. The molecule has 0 radical (unpaired) electrons. The maximum atomic E-state index is 13.9. The molecule has 5 nitrogen and oxygen atoms in total. The lowest BCUT2D eigenvalue weighted by molar-refractivity contribution is -0.134. The fraction of sp³-hybridized carbons (Fsp3) is 0.481. The minimum atomic E-state index is -0.952. The van der Waals surface area contributed by atoms with Crippen LogP contribution in [0.4, 0.5) is 0 Å². The van der Waals surface area contributed by atoms with Gasteiger partial charge in [-0.3, -0.25) is 9.59 Å². The molecule has 33 heavy (non-hydrogen) atoms. The molecule has 2 aromatic heterocycles. The summed E-state index contributed by atoms with van der Waals surface area (Å²) >= 11 is 1.75. The van der Waals surface area contributed by atoms with E-state index in [1.807, 2.05) is 43.3 Å². The minimum absolute atomic E-state index is 0.0304. The van der Waals surface area contributed by atoms with Crippen molar-refractivity contribution in [1.82, 2.24) is 14.8 Å². The number of rotatable bonds is 5. The lowest BCUT2D eigenvalue weighted by atomic mass is 9.93. The van der Waals surface area contributed by atoms with Gasteiger partial charge in [0.05, 0.1) is 16.8 Å². The summed E-state index contributed by atoms with van der Waals surface area (Å²) in [7, 11) is 0. The van der Waals surface area contributed by atoms with E-state index >= 15 is 0 Å². The molecule has 174 valence electrons. The van der Waals surface area contributed by atoms with Gasteiger partial charge in [0.2, 0.25) is 5.91 Å². The maximum absolute atomic E-state index is 13.9. The highest BCUT2D eigenvalue weighted by atomic mass is 32.1. The zero-order chi connectivity index (χ0) is 23.0. The van der Waals surface area contributed by atoms with Crippen LogP contribution in [0.25, 0.3) is 10.2 Å². The standard InChI is InChI=1S/C27H33N3O2S/c1-3-21-15-22-24(33-21)16-23-25(31)30(17-19-11-7-6-8-12-19)27(2,18-29(22)23)26(32)28-20-13-9-4-5-10-14-20/h6-8,11-12,15-16,20H,3-5,9-10,13-14,17-18H2,1-2H3,(H,28,32)/t27-/m1/s1. The highest BCUT2D eigenvalue weighted by Crippen LogP contribution is 2.37. The van der Waals surface area contributed by atoms with E-state index in [0.29, 0.717) is 18.8 Å². The predicted molar refractivity (Wildman–Crippen MR) is 134 cm³/mol. The maximum Gasteiger partial charge on any atom is 0.271 e. The third-order valence-corrected chi connectivity index (χ3v) is 8.59. The highest BCUT2D eigenvalue weighted by molar-refractivity contribution is 7.19. The number of carbonyl (C=O) groups excluding carboxylic acids is 2. The van der Waals surface area contributed by atoms with Crippen molar-refractivity contribution in [2.24, 2.45) is 0 Å². The van der Waals surface area contributed by atoms with Crippen molar-refractivity contribution in [3.63, 3.8) is 0 Å². The summed E-state index contributed by atoms with van der Waals surface area (Å²) in [5, 5.41) is 3.35. The first-order valence-electron chi connectivity index (χ1n) is 12.3. The van der Waals surface area contributed by atoms with Crippen molar-refractivity contribution in [3.8, 4) is 0 Å². The second-order valence-corrected chi connectivity index (χ2v) is 10.9. The quantitative estimate of drug-likeness (QED) is 0.507. The first-order valence-corrected chi connectivity index (χ1v) is 13.1. The second-order valence-electron chi connectivity index (χ2n) is 9.74. The summed E-state index contributed by atoms with van der Waals surface area (Å²) in [5.74, 6) is -0.0952. The summed E-state index contributed by atoms with van der Waals surface area (Å²) < 4.78 is 3.21. The highest BCUT2D eigenvalue weighted by Gasteiger charge is 2.48. The molecule has 0 unspecified atom stereocenters. The number of hydrogen-bond acceptors (Lipinski definition) is 3. The summed E-state index contributed by atoms with van der Waals surface area (Å²) in [4.78, 5) is 30.8. The molecule has 1 saturated carbocycles. The Morgan fingerprint density at radius 1 is 1.12 bits per heavy atom. The van der Waals surface area contributed by atoms with Gasteiger partial charge in [-0.1, -0.05) is 62.9 Å². The van der Waals surface area contributed by atoms with E-state index in [4.69, 9.17) is 0 Å². The van der Waals surface area contributed by atoms with Gasteiger partial charge in [0, 0.05) is 17.5 Å². The molecule has 1 aromatic carbocycles. The van der Waals surface area contributed by atoms with Gasteiger partial charge in [-0.2, -0.15) is 0 Å². The third-order valence-electron chi connectivity index (χ3n) is 7.38. The lowest BCUT2D eigenvalue weighted by Gasteiger charge is -2.44. The van der Waals surface area contributed by atoms with Gasteiger partial charge in [-0.25, -0.2) is 0 Å². The molecular weight excluding hydrogens is 430 g/mol. The number of amides is 2. The predicted octanol–water partition coefficient (Wildman–Crippen LogP) is 5.52. The van der Waals surface area contributed by atoms with E-state index in [-0.39, 0.29) is 17.9 Å². The van der Waals surface area contributed by atoms with Gasteiger partial charge in [-0.05, 0) is 43.9 Å². The van der Waals surface area contributed by atoms with Crippen LogP contribution >= 0.6 is 11.3 Å². The van der Waals surface area contributed by atoms with Crippen molar-refractivity contribution in [2.75, 3.05) is 0 Å². The summed E-state index contributed by atoms with van der Waals surface area (Å²) in [6.45, 7) is 5.00. The number of carbonyl (C=O) groups is 2. The third kappa shape index (κ3) is 4.10. The van der Waals surface area contributed by atoms with Crippen LogP contribution in [-0.4, -0.2) is 32.9 Å². The van der Waals surface area contributed by atoms with E-state index in [2.05, 4.69) is 22.9 Å². The molecule has 0 spiro atoms. The zero-order valence-electron chi connectivity index (χ0n) is 19.6. The van der Waals surface area contributed by atoms with E-state index in [1.165, 1.54) is 17.7 Å². The Morgan fingerprint density at radius 3 is 2.55 bits per heavy atom. The molecule has 1 fully saturated rings.